The molecule has 1 N–H and O–H groups in total. The molecule has 1 aliphatic heterocycles. The fourth-order valence-electron chi connectivity index (χ4n) is 2.50. The zero-order valence-electron chi connectivity index (χ0n) is 13.4. The number of non-ortho nitro benzene ring substituents is 1. The summed E-state index contributed by atoms with van der Waals surface area (Å²) in [7, 11) is 0. The summed E-state index contributed by atoms with van der Waals surface area (Å²) < 4.78 is 15.8. The molecule has 0 radical (unpaired) electrons. The summed E-state index contributed by atoms with van der Waals surface area (Å²) in [5.41, 5.74) is 0.939. The Morgan fingerprint density at radius 3 is 3.00 bits per heavy atom. The maximum atomic E-state index is 12.1. The maximum absolute atomic E-state index is 12.1. The van der Waals surface area contributed by atoms with Gasteiger partial charge in [0.15, 0.2) is 6.79 Å². The number of furan rings is 1. The van der Waals surface area contributed by atoms with Crippen LogP contribution in [0.15, 0.2) is 41.0 Å². The highest BCUT2D eigenvalue weighted by molar-refractivity contribution is 5.92. The number of nitrogens with zero attached hydrogens (tertiary/aromatic N) is 1. The maximum Gasteiger partial charge on any atom is 0.270 e. The summed E-state index contributed by atoms with van der Waals surface area (Å²) in [5.74, 6) is 0.770. The van der Waals surface area contributed by atoms with Gasteiger partial charge in [-0.2, -0.15) is 0 Å². The van der Waals surface area contributed by atoms with Crippen LogP contribution >= 0.6 is 0 Å². The van der Waals surface area contributed by atoms with Crippen molar-refractivity contribution < 1.29 is 23.6 Å². The van der Waals surface area contributed by atoms with Gasteiger partial charge in [0.25, 0.3) is 5.69 Å². The number of benzene rings is 1. The molecule has 2 heterocycles. The van der Waals surface area contributed by atoms with Crippen LogP contribution in [-0.4, -0.2) is 17.6 Å². The summed E-state index contributed by atoms with van der Waals surface area (Å²) in [6, 6.07) is 5.98. The summed E-state index contributed by atoms with van der Waals surface area (Å²) in [5, 5.41) is 13.8. The summed E-state index contributed by atoms with van der Waals surface area (Å²) >= 11 is 0. The number of carbonyl (C=O) groups excluding carboxylic acids is 1. The van der Waals surface area contributed by atoms with Gasteiger partial charge >= 0.3 is 0 Å². The van der Waals surface area contributed by atoms with Crippen LogP contribution in [0.4, 0.5) is 5.69 Å². The first-order valence-corrected chi connectivity index (χ1v) is 7.58. The van der Waals surface area contributed by atoms with E-state index in [1.807, 2.05) is 0 Å². The molecule has 0 saturated heterocycles. The van der Waals surface area contributed by atoms with E-state index in [-0.39, 0.29) is 31.0 Å². The Balaban J connectivity index is 1.79. The van der Waals surface area contributed by atoms with Crippen molar-refractivity contribution in [3.8, 4) is 5.75 Å². The van der Waals surface area contributed by atoms with Gasteiger partial charge in [0.05, 0.1) is 23.8 Å². The fourth-order valence-corrected chi connectivity index (χ4v) is 2.50. The molecule has 25 heavy (non-hydrogen) atoms. The van der Waals surface area contributed by atoms with E-state index in [4.69, 9.17) is 13.9 Å². The number of hydrogen-bond acceptors (Lipinski definition) is 6. The molecule has 1 atom stereocenters. The van der Waals surface area contributed by atoms with Crippen LogP contribution in [0.25, 0.3) is 6.08 Å². The van der Waals surface area contributed by atoms with E-state index in [2.05, 4.69) is 5.32 Å². The molecule has 0 bridgehead atoms. The van der Waals surface area contributed by atoms with Crippen LogP contribution in [0.1, 0.15) is 29.9 Å². The van der Waals surface area contributed by atoms with E-state index in [0.29, 0.717) is 22.6 Å². The van der Waals surface area contributed by atoms with E-state index in [0.717, 1.165) is 0 Å². The van der Waals surface area contributed by atoms with Crippen LogP contribution in [0.2, 0.25) is 0 Å². The average molecular weight is 344 g/mol. The lowest BCUT2D eigenvalue weighted by molar-refractivity contribution is -0.385. The number of nitro groups is 1. The van der Waals surface area contributed by atoms with Gasteiger partial charge in [-0.15, -0.1) is 0 Å². The predicted molar refractivity (Wildman–Crippen MR) is 87.7 cm³/mol. The highest BCUT2D eigenvalue weighted by Gasteiger charge is 2.20. The van der Waals surface area contributed by atoms with Gasteiger partial charge < -0.3 is 19.2 Å². The predicted octanol–water partition coefficient (Wildman–Crippen LogP) is 2.94. The number of ether oxygens (including phenoxy) is 2. The third kappa shape index (κ3) is 3.86. The second-order valence-corrected chi connectivity index (χ2v) is 5.47. The zero-order chi connectivity index (χ0) is 17.8. The second-order valence-electron chi connectivity index (χ2n) is 5.47. The SMILES string of the molecule is CC(NC(=O)/C=C/c1cc([N+](=O)[O-])cc2c1OCOC2)c1ccco1. The number of hydrogen-bond donors (Lipinski definition) is 1. The van der Waals surface area contributed by atoms with Crippen molar-refractivity contribution in [2.75, 3.05) is 6.79 Å². The molecule has 1 aromatic heterocycles. The van der Waals surface area contributed by atoms with E-state index in [1.165, 1.54) is 30.5 Å². The molecule has 1 aliphatic rings. The molecule has 1 unspecified atom stereocenters. The molecule has 1 aromatic carbocycles. The Kier molecular flexibility index (Phi) is 4.80. The number of nitro benzene ring substituents is 1. The topological polar surface area (TPSA) is 104 Å². The largest absolute Gasteiger partial charge is 0.467 e. The summed E-state index contributed by atoms with van der Waals surface area (Å²) in [6.45, 7) is 2.08. The van der Waals surface area contributed by atoms with Crippen molar-refractivity contribution in [1.82, 2.24) is 5.32 Å². The highest BCUT2D eigenvalue weighted by Crippen LogP contribution is 2.33. The van der Waals surface area contributed by atoms with Crippen molar-refractivity contribution in [1.29, 1.82) is 0 Å². The Bertz CT molecular complexity index is 813. The number of rotatable bonds is 5. The van der Waals surface area contributed by atoms with Crippen LogP contribution in [0.3, 0.4) is 0 Å². The molecule has 130 valence electrons. The van der Waals surface area contributed by atoms with Crippen molar-refractivity contribution in [3.05, 3.63) is 63.6 Å². The van der Waals surface area contributed by atoms with Gasteiger partial charge in [0, 0.05) is 29.3 Å². The number of fused-ring (bicyclic) bond motifs is 1. The van der Waals surface area contributed by atoms with Crippen molar-refractivity contribution >= 4 is 17.7 Å². The Morgan fingerprint density at radius 2 is 2.28 bits per heavy atom. The molecule has 0 saturated carbocycles. The number of nitrogens with one attached hydrogen (secondary N) is 1. The standard InChI is InChI=1S/C17H16N2O6/c1-11(15-3-2-6-24-15)18-16(20)5-4-12-7-14(19(21)22)8-13-9-23-10-25-17(12)13/h2-8,11H,9-10H2,1H3,(H,18,20)/b5-4+. The number of amides is 1. The van der Waals surface area contributed by atoms with Gasteiger partial charge in [0.2, 0.25) is 5.91 Å². The lowest BCUT2D eigenvalue weighted by atomic mass is 10.1. The smallest absolute Gasteiger partial charge is 0.270 e. The summed E-state index contributed by atoms with van der Waals surface area (Å²) in [4.78, 5) is 22.6. The lowest BCUT2D eigenvalue weighted by Gasteiger charge is -2.19. The van der Waals surface area contributed by atoms with Crippen LogP contribution in [0.5, 0.6) is 5.75 Å². The second kappa shape index (κ2) is 7.18. The molecule has 8 heteroatoms. The molecule has 8 nitrogen and oxygen atoms in total. The average Bonchev–Trinajstić information content (AvgIpc) is 3.14. The molecule has 0 fully saturated rings. The van der Waals surface area contributed by atoms with E-state index in [1.54, 1.807) is 19.1 Å². The Morgan fingerprint density at radius 1 is 1.44 bits per heavy atom. The van der Waals surface area contributed by atoms with E-state index in [9.17, 15) is 14.9 Å². The molecule has 0 spiro atoms. The molecule has 1 amide bonds. The molecular formula is C17H16N2O6. The van der Waals surface area contributed by atoms with Crippen molar-refractivity contribution in [2.45, 2.75) is 19.6 Å². The number of carbonyl (C=O) groups is 1. The minimum atomic E-state index is -0.495. The molecule has 3 rings (SSSR count). The monoisotopic (exact) mass is 344 g/mol. The van der Waals surface area contributed by atoms with E-state index >= 15 is 0 Å². The van der Waals surface area contributed by atoms with Crippen LogP contribution in [-0.2, 0) is 16.1 Å². The third-order valence-electron chi connectivity index (χ3n) is 3.68. The van der Waals surface area contributed by atoms with Gasteiger partial charge in [-0.1, -0.05) is 0 Å². The quantitative estimate of drug-likeness (QED) is 0.508. The Hall–Kier alpha value is -3.13. The molecule has 2 aromatic rings. The lowest BCUT2D eigenvalue weighted by Crippen LogP contribution is -2.24. The summed E-state index contributed by atoms with van der Waals surface area (Å²) in [6.07, 6.45) is 4.32. The Labute approximate surface area is 143 Å². The molecular weight excluding hydrogens is 328 g/mol. The van der Waals surface area contributed by atoms with Gasteiger partial charge in [0.1, 0.15) is 11.5 Å². The minimum Gasteiger partial charge on any atom is -0.467 e. The first-order chi connectivity index (χ1) is 12.0. The zero-order valence-corrected chi connectivity index (χ0v) is 13.4. The first-order valence-electron chi connectivity index (χ1n) is 7.58. The van der Waals surface area contributed by atoms with Gasteiger partial charge in [-0.05, 0) is 25.1 Å². The van der Waals surface area contributed by atoms with E-state index < -0.39 is 4.92 Å². The van der Waals surface area contributed by atoms with Gasteiger partial charge in [-0.25, -0.2) is 0 Å². The van der Waals surface area contributed by atoms with Crippen molar-refractivity contribution in [2.24, 2.45) is 0 Å². The third-order valence-corrected chi connectivity index (χ3v) is 3.68. The van der Waals surface area contributed by atoms with Crippen LogP contribution in [0, 0.1) is 10.1 Å². The van der Waals surface area contributed by atoms with Crippen LogP contribution < -0.4 is 10.1 Å². The molecule has 0 aliphatic carbocycles. The first kappa shape index (κ1) is 16.7. The minimum absolute atomic E-state index is 0.0629. The normalized spacial score (nSPS) is 14.6. The van der Waals surface area contributed by atoms with Crippen molar-refractivity contribution in [3.63, 3.8) is 0 Å². The highest BCUT2D eigenvalue weighted by atomic mass is 16.7. The fraction of sp³-hybridized carbons (Fsp3) is 0.235. The van der Waals surface area contributed by atoms with Gasteiger partial charge in [-0.3, -0.25) is 14.9 Å².